The van der Waals surface area contributed by atoms with E-state index in [1.165, 1.54) is 19.3 Å². The maximum atomic E-state index is 14.1. The summed E-state index contributed by atoms with van der Waals surface area (Å²) in [6.45, 7) is 0.583. The highest BCUT2D eigenvalue weighted by atomic mass is 16.3. The Morgan fingerprint density at radius 1 is 1.05 bits per heavy atom. The largest absolute Gasteiger partial charge is 0.510 e. The van der Waals surface area contributed by atoms with Crippen LogP contribution in [0.15, 0.2) is 28.7 Å². The molecule has 1 fully saturated rings. The van der Waals surface area contributed by atoms with Crippen LogP contribution < -0.4 is 10.6 Å². The van der Waals surface area contributed by atoms with Crippen molar-refractivity contribution in [2.24, 2.45) is 17.6 Å². The van der Waals surface area contributed by atoms with Crippen LogP contribution in [0.5, 0.6) is 5.75 Å². The molecule has 4 aliphatic rings. The first-order valence-corrected chi connectivity index (χ1v) is 14.6. The number of fused-ring (bicyclic) bond motifs is 3. The van der Waals surface area contributed by atoms with Gasteiger partial charge in [0.2, 0.25) is 5.78 Å². The Morgan fingerprint density at radius 3 is 2.26 bits per heavy atom. The number of aliphatic hydroxyl groups excluding tert-OH is 2. The summed E-state index contributed by atoms with van der Waals surface area (Å²) in [6, 6.07) is 1.02. The number of carbonyl (C=O) groups excluding carboxylic acids is 3. The van der Waals surface area contributed by atoms with Crippen molar-refractivity contribution >= 4 is 23.2 Å². The van der Waals surface area contributed by atoms with Gasteiger partial charge in [0.25, 0.3) is 5.91 Å². The Balaban J connectivity index is 1.63. The first-order chi connectivity index (χ1) is 19.7. The number of amides is 1. The van der Waals surface area contributed by atoms with Gasteiger partial charge in [-0.15, -0.1) is 0 Å². The molecule has 6 N–H and O–H groups in total. The number of phenols is 1. The molecule has 0 heterocycles. The van der Waals surface area contributed by atoms with Crippen LogP contribution in [0.3, 0.4) is 0 Å². The van der Waals surface area contributed by atoms with E-state index in [-0.39, 0.29) is 29.7 Å². The molecule has 0 aliphatic heterocycles. The third-order valence-corrected chi connectivity index (χ3v) is 9.84. The van der Waals surface area contributed by atoms with Gasteiger partial charge in [0.05, 0.1) is 11.6 Å². The third-order valence-electron chi connectivity index (χ3n) is 9.84. The number of ketones is 2. The zero-order valence-corrected chi connectivity index (χ0v) is 25.0. The molecule has 228 valence electrons. The van der Waals surface area contributed by atoms with Crippen molar-refractivity contribution in [1.29, 1.82) is 0 Å². The fourth-order valence-electron chi connectivity index (χ4n) is 7.97. The van der Waals surface area contributed by atoms with E-state index in [2.05, 4.69) is 11.9 Å². The van der Waals surface area contributed by atoms with Crippen LogP contribution in [-0.2, 0) is 22.6 Å². The predicted molar refractivity (Wildman–Crippen MR) is 156 cm³/mol. The van der Waals surface area contributed by atoms with Crippen molar-refractivity contribution in [2.45, 2.75) is 69.2 Å². The average Bonchev–Trinajstić information content (AvgIpc) is 2.90. The molecule has 4 aliphatic carbocycles. The van der Waals surface area contributed by atoms with Crippen LogP contribution >= 0.6 is 0 Å². The zero-order valence-electron chi connectivity index (χ0n) is 25.0. The Bertz CT molecular complexity index is 1410. The molecule has 1 aromatic carbocycles. The number of allylic oxidation sites excluding steroid dienone is 1. The number of anilines is 1. The van der Waals surface area contributed by atoms with Crippen molar-refractivity contribution < 1.29 is 34.8 Å². The summed E-state index contributed by atoms with van der Waals surface area (Å²) >= 11 is 0. The SMILES string of the molecule is CN(C)c1c(CN(C)C2CCCCC2)cc(O)c2c1C[C@H]1C[C@H]3[C@H](N(C)C)C(O)=C(C(N)=O)C(=O)[C@@]3(O)C(O)=C1C2=O. The minimum atomic E-state index is -2.65. The van der Waals surface area contributed by atoms with Gasteiger partial charge >= 0.3 is 0 Å². The van der Waals surface area contributed by atoms with Gasteiger partial charge in [-0.1, -0.05) is 19.3 Å². The number of hydrogen-bond acceptors (Lipinski definition) is 10. The van der Waals surface area contributed by atoms with Crippen LogP contribution in [-0.4, -0.2) is 101 Å². The van der Waals surface area contributed by atoms with Gasteiger partial charge in [-0.25, -0.2) is 0 Å². The molecule has 4 atom stereocenters. The first-order valence-electron chi connectivity index (χ1n) is 14.6. The van der Waals surface area contributed by atoms with Crippen LogP contribution in [0.2, 0.25) is 0 Å². The van der Waals surface area contributed by atoms with E-state index in [1.807, 2.05) is 19.0 Å². The molecule has 0 saturated heterocycles. The summed E-state index contributed by atoms with van der Waals surface area (Å²) in [4.78, 5) is 45.5. The summed E-state index contributed by atoms with van der Waals surface area (Å²) < 4.78 is 0. The average molecular weight is 583 g/mol. The van der Waals surface area contributed by atoms with Crippen LogP contribution in [0, 0.1) is 11.8 Å². The minimum Gasteiger partial charge on any atom is -0.510 e. The number of benzene rings is 1. The second kappa shape index (κ2) is 10.7. The lowest BCUT2D eigenvalue weighted by atomic mass is 9.58. The van der Waals surface area contributed by atoms with Gasteiger partial charge in [-0.05, 0) is 69.9 Å². The molecular formula is C31H42N4O7. The number of nitrogens with two attached hydrogens (primary N) is 1. The fourth-order valence-corrected chi connectivity index (χ4v) is 7.97. The van der Waals surface area contributed by atoms with E-state index in [1.54, 1.807) is 25.1 Å². The Labute approximate surface area is 245 Å². The zero-order chi connectivity index (χ0) is 30.8. The van der Waals surface area contributed by atoms with Crippen LogP contribution in [0.25, 0.3) is 0 Å². The topological polar surface area (TPSA) is 168 Å². The molecule has 0 bridgehead atoms. The minimum absolute atomic E-state index is 0.0311. The third kappa shape index (κ3) is 4.40. The van der Waals surface area contributed by atoms with Gasteiger partial charge in [0, 0.05) is 43.9 Å². The Hall–Kier alpha value is -3.41. The van der Waals surface area contributed by atoms with Crippen molar-refractivity contribution in [3.63, 3.8) is 0 Å². The molecule has 0 unspecified atom stereocenters. The van der Waals surface area contributed by atoms with Crippen molar-refractivity contribution in [2.75, 3.05) is 40.1 Å². The quantitative estimate of drug-likeness (QED) is 0.313. The Morgan fingerprint density at radius 2 is 1.69 bits per heavy atom. The van der Waals surface area contributed by atoms with Crippen molar-refractivity contribution in [1.82, 2.24) is 9.80 Å². The van der Waals surface area contributed by atoms with E-state index in [0.29, 0.717) is 18.2 Å². The highest BCUT2D eigenvalue weighted by molar-refractivity contribution is 6.24. The first kappa shape index (κ1) is 30.1. The molecule has 42 heavy (non-hydrogen) atoms. The lowest BCUT2D eigenvalue weighted by Crippen LogP contribution is -2.63. The highest BCUT2D eigenvalue weighted by Crippen LogP contribution is 2.53. The number of hydrogen-bond donors (Lipinski definition) is 5. The number of phenolic OH excluding ortho intramolecular Hbond substituents is 1. The number of nitrogens with zero attached hydrogens (tertiary/aromatic N) is 3. The molecule has 11 heteroatoms. The molecule has 1 aromatic rings. The van der Waals surface area contributed by atoms with Gasteiger partial charge in [0.1, 0.15) is 22.8 Å². The molecule has 5 rings (SSSR count). The van der Waals surface area contributed by atoms with Crippen molar-refractivity contribution in [3.8, 4) is 5.75 Å². The second-order valence-electron chi connectivity index (χ2n) is 12.8. The molecule has 0 spiro atoms. The van der Waals surface area contributed by atoms with Crippen LogP contribution in [0.4, 0.5) is 5.69 Å². The summed E-state index contributed by atoms with van der Waals surface area (Å²) in [5.74, 6) is -6.47. The number of rotatable bonds is 6. The standard InChI is InChI=1S/C31H42N4O7/c1-33(2)24-16(14-35(5)17-9-7-6-8-10-17)13-20(36)22-18(24)11-15-12-19-25(34(3)4)27(38)23(30(32)41)29(40)31(19,42)28(39)21(15)26(22)37/h13,15,17,19,25,36,38-39,42H,6-12,14H2,1-5H3,(H2,32,41)/t15-,19-,25-,31-/m0/s1. The summed E-state index contributed by atoms with van der Waals surface area (Å²) in [7, 11) is 9.09. The summed E-state index contributed by atoms with van der Waals surface area (Å²) in [6.07, 6.45) is 6.18. The van der Waals surface area contributed by atoms with Crippen LogP contribution in [0.1, 0.15) is 60.0 Å². The molecule has 0 aromatic heterocycles. The number of aliphatic hydroxyl groups is 3. The number of Topliss-reactive ketones (excluding diaryl/α,β-unsaturated/α-hetero) is 2. The van der Waals surface area contributed by atoms with E-state index < -0.39 is 58.0 Å². The molecule has 0 radical (unpaired) electrons. The molecule has 11 nitrogen and oxygen atoms in total. The lowest BCUT2D eigenvalue weighted by molar-refractivity contribution is -0.148. The normalized spacial score (nSPS) is 28.2. The fraction of sp³-hybridized carbons (Fsp3) is 0.581. The van der Waals surface area contributed by atoms with Gasteiger partial charge in [0.15, 0.2) is 11.4 Å². The molecule has 1 amide bonds. The maximum absolute atomic E-state index is 14.1. The van der Waals surface area contributed by atoms with E-state index in [9.17, 15) is 34.8 Å². The van der Waals surface area contributed by atoms with E-state index in [0.717, 1.165) is 24.1 Å². The van der Waals surface area contributed by atoms with Gasteiger partial charge < -0.3 is 31.1 Å². The van der Waals surface area contributed by atoms with E-state index >= 15 is 0 Å². The van der Waals surface area contributed by atoms with Gasteiger partial charge in [-0.3, -0.25) is 24.2 Å². The number of aromatic hydroxyl groups is 1. The monoisotopic (exact) mass is 582 g/mol. The Kier molecular flexibility index (Phi) is 7.66. The number of likely N-dealkylation sites (N-methyl/N-ethyl adjacent to an activating group) is 1. The highest BCUT2D eigenvalue weighted by Gasteiger charge is 2.63. The second-order valence-corrected chi connectivity index (χ2v) is 12.8. The smallest absolute Gasteiger partial charge is 0.255 e. The van der Waals surface area contributed by atoms with E-state index in [4.69, 9.17) is 5.73 Å². The molecular weight excluding hydrogens is 540 g/mol. The van der Waals surface area contributed by atoms with Gasteiger partial charge in [-0.2, -0.15) is 0 Å². The number of carbonyl (C=O) groups is 3. The summed E-state index contributed by atoms with van der Waals surface area (Å²) in [5, 5.41) is 45.5. The maximum Gasteiger partial charge on any atom is 0.255 e. The molecule has 1 saturated carbocycles. The van der Waals surface area contributed by atoms with Crippen molar-refractivity contribution in [3.05, 3.63) is 45.4 Å². The lowest BCUT2D eigenvalue weighted by Gasteiger charge is -2.50. The predicted octanol–water partition coefficient (Wildman–Crippen LogP) is 1.95. The summed E-state index contributed by atoms with van der Waals surface area (Å²) in [5.41, 5.74) is 4.17. The number of primary amides is 1.